The van der Waals surface area contributed by atoms with Crippen molar-refractivity contribution in [2.24, 2.45) is 0 Å². The van der Waals surface area contributed by atoms with Crippen molar-refractivity contribution in [3.63, 3.8) is 0 Å². The van der Waals surface area contributed by atoms with Gasteiger partial charge in [-0.1, -0.05) is 49.0 Å². The molecule has 0 spiro atoms. The Balaban J connectivity index is 1.48. The van der Waals surface area contributed by atoms with Crippen LogP contribution in [0.3, 0.4) is 0 Å². The number of carbonyl (C=O) groups excluding carboxylic acids is 1. The maximum atomic E-state index is 12.4. The molecular formula is C20H29N5OS. The molecule has 2 aromatic rings. The lowest BCUT2D eigenvalue weighted by Crippen LogP contribution is -2.45. The highest BCUT2D eigenvalue weighted by Gasteiger charge is 2.20. The van der Waals surface area contributed by atoms with Gasteiger partial charge in [0.15, 0.2) is 5.16 Å². The van der Waals surface area contributed by atoms with Crippen molar-refractivity contribution < 1.29 is 4.79 Å². The molecule has 0 bridgehead atoms. The second-order valence-corrected chi connectivity index (χ2v) is 8.02. The normalized spacial score (nSPS) is 15.8. The maximum absolute atomic E-state index is 12.4. The Bertz CT molecular complexity index is 725. The van der Waals surface area contributed by atoms with E-state index in [1.54, 1.807) is 0 Å². The number of amides is 1. The van der Waals surface area contributed by atoms with Crippen LogP contribution in [0.15, 0.2) is 35.5 Å². The minimum Gasteiger partial charge on any atom is -0.353 e. The van der Waals surface area contributed by atoms with Crippen LogP contribution in [-0.2, 0) is 11.3 Å². The van der Waals surface area contributed by atoms with E-state index in [1.165, 1.54) is 23.7 Å². The minimum absolute atomic E-state index is 0.0841. The topological polar surface area (TPSA) is 63.1 Å². The summed E-state index contributed by atoms with van der Waals surface area (Å²) in [4.78, 5) is 14.8. The first kappa shape index (κ1) is 19.9. The van der Waals surface area contributed by atoms with Crippen LogP contribution in [0.25, 0.3) is 0 Å². The summed E-state index contributed by atoms with van der Waals surface area (Å²) < 4.78 is 2.07. The molecule has 0 atom stereocenters. The molecule has 1 aliphatic rings. The number of aromatic nitrogens is 3. The largest absolute Gasteiger partial charge is 0.353 e. The molecule has 0 radical (unpaired) electrons. The summed E-state index contributed by atoms with van der Waals surface area (Å²) in [5.74, 6) is 1.33. The third kappa shape index (κ3) is 5.81. The Morgan fingerprint density at radius 1 is 1.22 bits per heavy atom. The molecule has 1 aromatic heterocycles. The predicted octanol–water partition coefficient (Wildman–Crippen LogP) is 2.72. The van der Waals surface area contributed by atoms with E-state index in [-0.39, 0.29) is 5.91 Å². The molecule has 3 rings (SSSR count). The number of nitrogens with one attached hydrogen (secondary N) is 1. The Hall–Kier alpha value is -1.86. The standard InChI is InChI=1S/C20H29N5OS/c1-3-11-24-12-9-18(10-13-24)21-19(26)15-27-20-23-22-16(2)25(20)14-17-7-5-4-6-8-17/h4-8,18H,3,9-15H2,1-2H3,(H,21,26). The van der Waals surface area contributed by atoms with Crippen molar-refractivity contribution in [3.05, 3.63) is 41.7 Å². The van der Waals surface area contributed by atoms with Gasteiger partial charge in [-0.15, -0.1) is 10.2 Å². The Morgan fingerprint density at radius 3 is 2.67 bits per heavy atom. The number of benzene rings is 1. The number of rotatable bonds is 8. The molecule has 1 aliphatic heterocycles. The summed E-state index contributed by atoms with van der Waals surface area (Å²) >= 11 is 1.46. The third-order valence-corrected chi connectivity index (χ3v) is 5.88. The fourth-order valence-electron chi connectivity index (χ4n) is 3.43. The van der Waals surface area contributed by atoms with Crippen LogP contribution in [0, 0.1) is 6.92 Å². The lowest BCUT2D eigenvalue weighted by atomic mass is 10.1. The second-order valence-electron chi connectivity index (χ2n) is 7.07. The smallest absolute Gasteiger partial charge is 0.230 e. The number of thioether (sulfide) groups is 1. The zero-order chi connectivity index (χ0) is 19.1. The van der Waals surface area contributed by atoms with Crippen LogP contribution >= 0.6 is 11.8 Å². The van der Waals surface area contributed by atoms with E-state index in [9.17, 15) is 4.79 Å². The van der Waals surface area contributed by atoms with Gasteiger partial charge in [0.05, 0.1) is 12.3 Å². The quantitative estimate of drug-likeness (QED) is 0.706. The zero-order valence-electron chi connectivity index (χ0n) is 16.2. The molecule has 1 amide bonds. The van der Waals surface area contributed by atoms with Crippen LogP contribution in [0.2, 0.25) is 0 Å². The van der Waals surface area contributed by atoms with Crippen molar-refractivity contribution in [1.29, 1.82) is 0 Å². The van der Waals surface area contributed by atoms with Gasteiger partial charge >= 0.3 is 0 Å². The molecule has 1 N–H and O–H groups in total. The Labute approximate surface area is 165 Å². The highest BCUT2D eigenvalue weighted by molar-refractivity contribution is 7.99. The monoisotopic (exact) mass is 387 g/mol. The van der Waals surface area contributed by atoms with Gasteiger partial charge in [0.1, 0.15) is 5.82 Å². The van der Waals surface area contributed by atoms with E-state index in [0.717, 1.165) is 50.0 Å². The third-order valence-electron chi connectivity index (χ3n) is 4.91. The number of carbonyl (C=O) groups is 1. The number of aryl methyl sites for hydroxylation is 1. The summed E-state index contributed by atoms with van der Waals surface area (Å²) in [5.41, 5.74) is 1.20. The maximum Gasteiger partial charge on any atom is 0.230 e. The van der Waals surface area contributed by atoms with E-state index in [1.807, 2.05) is 25.1 Å². The van der Waals surface area contributed by atoms with Gasteiger partial charge < -0.3 is 14.8 Å². The molecule has 146 valence electrons. The summed E-state index contributed by atoms with van der Waals surface area (Å²) in [6, 6.07) is 10.5. The van der Waals surface area contributed by atoms with Gasteiger partial charge in [-0.2, -0.15) is 0 Å². The molecule has 0 saturated carbocycles. The van der Waals surface area contributed by atoms with Crippen LogP contribution in [-0.4, -0.2) is 57.0 Å². The summed E-state index contributed by atoms with van der Waals surface area (Å²) in [6.45, 7) is 8.20. The first-order valence-corrected chi connectivity index (χ1v) is 10.7. The van der Waals surface area contributed by atoms with Crippen molar-refractivity contribution in [1.82, 2.24) is 25.0 Å². The number of hydrogen-bond donors (Lipinski definition) is 1. The lowest BCUT2D eigenvalue weighted by Gasteiger charge is -2.32. The van der Waals surface area contributed by atoms with Gasteiger partial charge in [-0.05, 0) is 38.3 Å². The molecule has 0 unspecified atom stereocenters. The van der Waals surface area contributed by atoms with Crippen LogP contribution in [0.1, 0.15) is 37.6 Å². The molecule has 1 aromatic carbocycles. The average Bonchev–Trinajstić information content (AvgIpc) is 3.02. The van der Waals surface area contributed by atoms with Crippen molar-refractivity contribution in [3.8, 4) is 0 Å². The molecular weight excluding hydrogens is 358 g/mol. The first-order chi connectivity index (χ1) is 13.2. The number of piperidine rings is 1. The van der Waals surface area contributed by atoms with Crippen LogP contribution in [0.5, 0.6) is 0 Å². The lowest BCUT2D eigenvalue weighted by molar-refractivity contribution is -0.119. The highest BCUT2D eigenvalue weighted by atomic mass is 32.2. The molecule has 7 heteroatoms. The van der Waals surface area contributed by atoms with Crippen molar-refractivity contribution in [2.45, 2.75) is 50.9 Å². The van der Waals surface area contributed by atoms with Crippen LogP contribution < -0.4 is 5.32 Å². The highest BCUT2D eigenvalue weighted by Crippen LogP contribution is 2.19. The summed E-state index contributed by atoms with van der Waals surface area (Å²) in [5, 5.41) is 12.4. The fourth-order valence-corrected chi connectivity index (χ4v) is 4.23. The van der Waals surface area contributed by atoms with Gasteiger partial charge in [-0.3, -0.25) is 4.79 Å². The Kier molecular flexibility index (Phi) is 7.29. The van der Waals surface area contributed by atoms with E-state index < -0.39 is 0 Å². The molecule has 1 saturated heterocycles. The first-order valence-electron chi connectivity index (χ1n) is 9.74. The molecule has 6 nitrogen and oxygen atoms in total. The molecule has 27 heavy (non-hydrogen) atoms. The summed E-state index contributed by atoms with van der Waals surface area (Å²) in [6.07, 6.45) is 3.27. The second kappa shape index (κ2) is 9.90. The fraction of sp³-hybridized carbons (Fsp3) is 0.550. The van der Waals surface area contributed by atoms with Gasteiger partial charge in [-0.25, -0.2) is 0 Å². The van der Waals surface area contributed by atoms with Crippen molar-refractivity contribution >= 4 is 17.7 Å². The van der Waals surface area contributed by atoms with E-state index in [0.29, 0.717) is 11.8 Å². The molecule has 2 heterocycles. The number of nitrogens with zero attached hydrogens (tertiary/aromatic N) is 4. The van der Waals surface area contributed by atoms with Gasteiger partial charge in [0.25, 0.3) is 0 Å². The van der Waals surface area contributed by atoms with E-state index in [2.05, 4.69) is 44.0 Å². The van der Waals surface area contributed by atoms with Gasteiger partial charge in [0, 0.05) is 19.1 Å². The molecule has 1 fully saturated rings. The van der Waals surface area contributed by atoms with Crippen LogP contribution in [0.4, 0.5) is 0 Å². The van der Waals surface area contributed by atoms with E-state index in [4.69, 9.17) is 0 Å². The SMILES string of the molecule is CCCN1CCC(NC(=O)CSc2nnc(C)n2Cc2ccccc2)CC1. The minimum atomic E-state index is 0.0841. The number of hydrogen-bond acceptors (Lipinski definition) is 5. The van der Waals surface area contributed by atoms with Gasteiger partial charge in [0.2, 0.25) is 5.91 Å². The number of likely N-dealkylation sites (tertiary alicyclic amines) is 1. The Morgan fingerprint density at radius 2 is 1.96 bits per heavy atom. The zero-order valence-corrected chi connectivity index (χ0v) is 17.0. The summed E-state index contributed by atoms with van der Waals surface area (Å²) in [7, 11) is 0. The molecule has 0 aliphatic carbocycles. The predicted molar refractivity (Wildman–Crippen MR) is 109 cm³/mol. The average molecular weight is 388 g/mol. The van der Waals surface area contributed by atoms with E-state index >= 15 is 0 Å². The van der Waals surface area contributed by atoms with Crippen molar-refractivity contribution in [2.75, 3.05) is 25.4 Å².